The maximum atomic E-state index is 13.0. The molecule has 0 bridgehead atoms. The quantitative estimate of drug-likeness (QED) is 0.858. The van der Waals surface area contributed by atoms with Crippen LogP contribution in [0.1, 0.15) is 22.8 Å². The molecule has 2 rings (SSSR count). The van der Waals surface area contributed by atoms with Gasteiger partial charge in [0, 0.05) is 5.56 Å². The highest BCUT2D eigenvalue weighted by Gasteiger charge is 2.18. The number of benzene rings is 1. The van der Waals surface area contributed by atoms with Gasteiger partial charge in [0.15, 0.2) is 0 Å². The van der Waals surface area contributed by atoms with E-state index >= 15 is 0 Å². The van der Waals surface area contributed by atoms with E-state index in [0.717, 1.165) is 0 Å². The molecular formula is C12H9Cl2FOS. The van der Waals surface area contributed by atoms with Crippen molar-refractivity contribution in [2.45, 2.75) is 13.0 Å². The van der Waals surface area contributed by atoms with E-state index in [9.17, 15) is 9.50 Å². The summed E-state index contributed by atoms with van der Waals surface area (Å²) in [5.74, 6) is -0.326. The molecule has 2 aromatic rings. The lowest BCUT2D eigenvalue weighted by Crippen LogP contribution is -2.01. The topological polar surface area (TPSA) is 20.2 Å². The average Bonchev–Trinajstić information content (AvgIpc) is 2.57. The number of thiophene rings is 1. The first kappa shape index (κ1) is 12.8. The van der Waals surface area contributed by atoms with Crippen molar-refractivity contribution in [2.75, 3.05) is 0 Å². The number of rotatable bonds is 2. The highest BCUT2D eigenvalue weighted by atomic mass is 35.5. The molecule has 0 aliphatic carbocycles. The van der Waals surface area contributed by atoms with E-state index in [0.29, 0.717) is 25.4 Å². The SMILES string of the molecule is Cc1cc(F)ccc1C(O)c1cc(Cl)sc1Cl. The van der Waals surface area contributed by atoms with Gasteiger partial charge >= 0.3 is 0 Å². The smallest absolute Gasteiger partial charge is 0.123 e. The van der Waals surface area contributed by atoms with E-state index in [1.54, 1.807) is 19.1 Å². The van der Waals surface area contributed by atoms with Crippen LogP contribution < -0.4 is 0 Å². The third kappa shape index (κ3) is 2.63. The summed E-state index contributed by atoms with van der Waals surface area (Å²) < 4.78 is 13.9. The van der Waals surface area contributed by atoms with Crippen molar-refractivity contribution in [2.24, 2.45) is 0 Å². The second kappa shape index (κ2) is 4.94. The number of aryl methyl sites for hydroxylation is 1. The molecule has 0 fully saturated rings. The van der Waals surface area contributed by atoms with E-state index < -0.39 is 6.10 Å². The van der Waals surface area contributed by atoms with Gasteiger partial charge in [0.1, 0.15) is 16.3 Å². The minimum atomic E-state index is -0.883. The van der Waals surface area contributed by atoms with Crippen molar-refractivity contribution < 1.29 is 9.50 Å². The Morgan fingerprint density at radius 3 is 2.47 bits per heavy atom. The van der Waals surface area contributed by atoms with Crippen molar-refractivity contribution in [3.05, 3.63) is 55.4 Å². The van der Waals surface area contributed by atoms with Crippen LogP contribution in [0.2, 0.25) is 8.67 Å². The van der Waals surface area contributed by atoms with Gasteiger partial charge in [0.2, 0.25) is 0 Å². The normalized spacial score (nSPS) is 12.8. The van der Waals surface area contributed by atoms with Gasteiger partial charge in [0.25, 0.3) is 0 Å². The second-order valence-electron chi connectivity index (χ2n) is 3.68. The van der Waals surface area contributed by atoms with Crippen LogP contribution >= 0.6 is 34.5 Å². The molecule has 0 saturated heterocycles. The number of hydrogen-bond donors (Lipinski definition) is 1. The lowest BCUT2D eigenvalue weighted by molar-refractivity contribution is 0.220. The summed E-state index contributed by atoms with van der Waals surface area (Å²) in [5.41, 5.74) is 1.86. The molecule has 17 heavy (non-hydrogen) atoms. The summed E-state index contributed by atoms with van der Waals surface area (Å²) in [7, 11) is 0. The molecule has 1 unspecified atom stereocenters. The van der Waals surface area contributed by atoms with Crippen molar-refractivity contribution in [3.8, 4) is 0 Å². The zero-order valence-electron chi connectivity index (χ0n) is 8.88. The molecule has 1 nitrogen and oxygen atoms in total. The highest BCUT2D eigenvalue weighted by molar-refractivity contribution is 7.20. The lowest BCUT2D eigenvalue weighted by atomic mass is 9.99. The number of hydrogen-bond acceptors (Lipinski definition) is 2. The molecule has 0 aliphatic rings. The fraction of sp³-hybridized carbons (Fsp3) is 0.167. The first-order valence-corrected chi connectivity index (χ1v) is 6.45. The van der Waals surface area contributed by atoms with Gasteiger partial charge in [0.05, 0.1) is 4.34 Å². The predicted octanol–water partition coefficient (Wildman–Crippen LogP) is 4.58. The van der Waals surface area contributed by atoms with Crippen LogP contribution in [0.5, 0.6) is 0 Å². The summed E-state index contributed by atoms with van der Waals surface area (Å²) in [4.78, 5) is 0. The third-order valence-corrected chi connectivity index (χ3v) is 4.02. The van der Waals surface area contributed by atoms with Gasteiger partial charge in [-0.2, -0.15) is 0 Å². The summed E-state index contributed by atoms with van der Waals surface area (Å²) in [6, 6.07) is 5.87. The first-order valence-electron chi connectivity index (χ1n) is 4.88. The van der Waals surface area contributed by atoms with Gasteiger partial charge < -0.3 is 5.11 Å². The van der Waals surface area contributed by atoms with Gasteiger partial charge in [-0.3, -0.25) is 0 Å². The molecule has 1 aromatic heterocycles. The average molecular weight is 291 g/mol. The van der Waals surface area contributed by atoms with Gasteiger partial charge in [-0.1, -0.05) is 29.3 Å². The number of halogens is 3. The molecule has 1 heterocycles. The Labute approximate surface area is 112 Å². The van der Waals surface area contributed by atoms with Crippen LogP contribution in [-0.4, -0.2) is 5.11 Å². The maximum absolute atomic E-state index is 13.0. The maximum Gasteiger partial charge on any atom is 0.123 e. The number of aliphatic hydroxyl groups excluding tert-OH is 1. The minimum absolute atomic E-state index is 0.326. The van der Waals surface area contributed by atoms with Crippen LogP contribution in [-0.2, 0) is 0 Å². The molecular weight excluding hydrogens is 282 g/mol. The van der Waals surface area contributed by atoms with Crippen molar-refractivity contribution in [1.29, 1.82) is 0 Å². The summed E-state index contributed by atoms with van der Waals surface area (Å²) in [6.45, 7) is 1.74. The van der Waals surface area contributed by atoms with E-state index in [-0.39, 0.29) is 5.82 Å². The van der Waals surface area contributed by atoms with E-state index in [4.69, 9.17) is 23.2 Å². The predicted molar refractivity (Wildman–Crippen MR) is 69.5 cm³/mol. The van der Waals surface area contributed by atoms with Gasteiger partial charge in [-0.05, 0) is 36.2 Å². The van der Waals surface area contributed by atoms with Gasteiger partial charge in [-0.25, -0.2) is 4.39 Å². The van der Waals surface area contributed by atoms with E-state index in [2.05, 4.69) is 0 Å². The standard InChI is InChI=1S/C12H9Cl2FOS/c1-6-4-7(15)2-3-8(6)11(16)9-5-10(13)17-12(9)14/h2-5,11,16H,1H3. The summed E-state index contributed by atoms with van der Waals surface area (Å²) >= 11 is 13.0. The Morgan fingerprint density at radius 1 is 1.24 bits per heavy atom. The Morgan fingerprint density at radius 2 is 1.94 bits per heavy atom. The van der Waals surface area contributed by atoms with Crippen LogP contribution in [0.15, 0.2) is 24.3 Å². The largest absolute Gasteiger partial charge is 0.384 e. The first-order chi connectivity index (χ1) is 7.99. The van der Waals surface area contributed by atoms with Gasteiger partial charge in [-0.15, -0.1) is 11.3 Å². The fourth-order valence-electron chi connectivity index (χ4n) is 1.65. The number of aliphatic hydroxyl groups is 1. The Bertz CT molecular complexity index is 553. The van der Waals surface area contributed by atoms with Crippen molar-refractivity contribution in [3.63, 3.8) is 0 Å². The third-order valence-electron chi connectivity index (χ3n) is 2.50. The zero-order chi connectivity index (χ0) is 12.6. The fourth-order valence-corrected chi connectivity index (χ4v) is 3.17. The van der Waals surface area contributed by atoms with Crippen molar-refractivity contribution in [1.82, 2.24) is 0 Å². The highest BCUT2D eigenvalue weighted by Crippen LogP contribution is 2.38. The zero-order valence-corrected chi connectivity index (χ0v) is 11.2. The van der Waals surface area contributed by atoms with E-state index in [1.165, 1.54) is 23.5 Å². The van der Waals surface area contributed by atoms with Crippen LogP contribution in [0.3, 0.4) is 0 Å². The Hall–Kier alpha value is -0.610. The Balaban J connectivity index is 2.43. The molecule has 90 valence electrons. The van der Waals surface area contributed by atoms with E-state index in [1.807, 2.05) is 0 Å². The second-order valence-corrected chi connectivity index (χ2v) is 5.97. The molecule has 1 aromatic carbocycles. The molecule has 5 heteroatoms. The van der Waals surface area contributed by atoms with Crippen LogP contribution in [0, 0.1) is 12.7 Å². The van der Waals surface area contributed by atoms with Crippen LogP contribution in [0.25, 0.3) is 0 Å². The molecule has 0 saturated carbocycles. The lowest BCUT2D eigenvalue weighted by Gasteiger charge is -2.13. The molecule has 0 aliphatic heterocycles. The van der Waals surface area contributed by atoms with Crippen molar-refractivity contribution >= 4 is 34.5 Å². The molecule has 0 spiro atoms. The minimum Gasteiger partial charge on any atom is -0.384 e. The van der Waals surface area contributed by atoms with Crippen LogP contribution in [0.4, 0.5) is 4.39 Å². The molecule has 1 N–H and O–H groups in total. The molecule has 0 radical (unpaired) electrons. The summed E-state index contributed by atoms with van der Waals surface area (Å²) in [6.07, 6.45) is -0.883. The monoisotopic (exact) mass is 290 g/mol. The molecule has 1 atom stereocenters. The Kier molecular flexibility index (Phi) is 3.73. The summed E-state index contributed by atoms with van der Waals surface area (Å²) in [5, 5.41) is 10.2. The molecule has 0 amide bonds.